The monoisotopic (exact) mass is 774 g/mol. The van der Waals surface area contributed by atoms with E-state index in [2.05, 4.69) is 65.2 Å². The molecule has 9 heteroatoms. The van der Waals surface area contributed by atoms with Crippen molar-refractivity contribution in [2.45, 2.75) is 0 Å². The topological polar surface area (TPSA) is 96.4 Å². The number of anilines is 2. The van der Waals surface area contributed by atoms with E-state index in [4.69, 9.17) is 13.6 Å². The van der Waals surface area contributed by atoms with E-state index >= 15 is 0 Å². The van der Waals surface area contributed by atoms with Gasteiger partial charge in [-0.3, -0.25) is 9.59 Å². The molecule has 53 heavy (non-hydrogen) atoms. The maximum Gasteiger partial charge on any atom is 0.200 e. The Morgan fingerprint density at radius 3 is 1.38 bits per heavy atom. The van der Waals surface area contributed by atoms with Crippen LogP contribution in [0.2, 0.25) is 0 Å². The quantitative estimate of drug-likeness (QED) is 0.0664. The van der Waals surface area contributed by atoms with E-state index in [1.54, 1.807) is 48.6 Å². The number of aromatic hydroxyl groups is 1. The van der Waals surface area contributed by atoms with Crippen LogP contribution in [-0.4, -0.2) is 43.2 Å². The molecule has 6 aromatic rings. The summed E-state index contributed by atoms with van der Waals surface area (Å²) in [4.78, 5) is 29.5. The summed E-state index contributed by atoms with van der Waals surface area (Å²) in [7, 11) is 0. The molecule has 272 valence electrons. The van der Waals surface area contributed by atoms with Gasteiger partial charge < -0.3 is 28.5 Å². The molecule has 1 N–H and O–H groups in total. The second-order valence-corrected chi connectivity index (χ2v) is 12.2. The van der Waals surface area contributed by atoms with Crippen molar-refractivity contribution in [1.29, 1.82) is 0 Å². The Labute approximate surface area is 317 Å². The summed E-state index contributed by atoms with van der Waals surface area (Å²) >= 11 is 3.13. The minimum atomic E-state index is -0.105. The minimum absolute atomic E-state index is 0.0536. The molecule has 0 bridgehead atoms. The van der Waals surface area contributed by atoms with E-state index in [1.165, 1.54) is 12.1 Å². The molecule has 2 aromatic heterocycles. The van der Waals surface area contributed by atoms with Crippen molar-refractivity contribution in [3.8, 4) is 11.5 Å². The van der Waals surface area contributed by atoms with E-state index in [0.29, 0.717) is 82.4 Å². The minimum Gasteiger partial charge on any atom is -0.508 e. The van der Waals surface area contributed by atoms with Crippen molar-refractivity contribution in [1.82, 2.24) is 0 Å². The van der Waals surface area contributed by atoms with Gasteiger partial charge in [0.05, 0.1) is 21.5 Å². The summed E-state index contributed by atoms with van der Waals surface area (Å²) < 4.78 is 17.4. The van der Waals surface area contributed by atoms with Crippen molar-refractivity contribution >= 4 is 71.2 Å². The van der Waals surface area contributed by atoms with Gasteiger partial charge in [-0.25, -0.2) is 0 Å². The number of allylic oxidation sites excluding steroid dienone is 1. The molecule has 0 fully saturated rings. The number of rotatable bonds is 14. The highest BCUT2D eigenvalue weighted by atomic mass is 79.9. The highest BCUT2D eigenvalue weighted by molar-refractivity contribution is 9.09. The van der Waals surface area contributed by atoms with E-state index in [0.717, 1.165) is 16.7 Å². The third-order valence-corrected chi connectivity index (χ3v) is 8.33. The first kappa shape index (κ1) is 39.7. The zero-order valence-electron chi connectivity index (χ0n) is 29.6. The van der Waals surface area contributed by atoms with Crippen molar-refractivity contribution in [3.63, 3.8) is 0 Å². The number of phenolic OH excluding ortho intramolecular Hbond substituents is 1. The summed E-state index contributed by atoms with van der Waals surface area (Å²) in [6, 6.07) is 20.8. The number of nitrogens with zero attached hydrogens (tertiary/aromatic N) is 2. The zero-order chi connectivity index (χ0) is 38.3. The van der Waals surface area contributed by atoms with E-state index in [1.807, 2.05) is 48.6 Å². The predicted octanol–water partition coefficient (Wildman–Crippen LogP) is 10.1. The molecule has 0 saturated carbocycles. The average Bonchev–Trinajstić information content (AvgIpc) is 3.16. The van der Waals surface area contributed by atoms with Crippen LogP contribution >= 0.6 is 15.9 Å². The van der Waals surface area contributed by atoms with Crippen LogP contribution in [-0.2, 0) is 0 Å². The normalized spacial score (nSPS) is 10.4. The number of hydrogen-bond donors (Lipinski definition) is 1. The summed E-state index contributed by atoms with van der Waals surface area (Å²) in [5.41, 5.74) is 3.61. The molecular weight excluding hydrogens is 732 g/mol. The number of fused-ring (bicyclic) bond motifs is 4. The van der Waals surface area contributed by atoms with Crippen LogP contribution in [0.3, 0.4) is 0 Å². The van der Waals surface area contributed by atoms with Crippen molar-refractivity contribution in [2.24, 2.45) is 0 Å². The van der Waals surface area contributed by atoms with Crippen LogP contribution in [0.5, 0.6) is 11.5 Å². The highest BCUT2D eigenvalue weighted by Gasteiger charge is 2.13. The van der Waals surface area contributed by atoms with Crippen LogP contribution in [0.15, 0.2) is 167 Å². The smallest absolute Gasteiger partial charge is 0.200 e. The molecule has 0 amide bonds. The second kappa shape index (κ2) is 19.5. The van der Waals surface area contributed by atoms with E-state index < -0.39 is 0 Å². The van der Waals surface area contributed by atoms with Gasteiger partial charge in [-0.2, -0.15) is 0 Å². The lowest BCUT2D eigenvalue weighted by molar-refractivity contribution is 0.363. The van der Waals surface area contributed by atoms with Crippen LogP contribution < -0.4 is 25.4 Å². The lowest BCUT2D eigenvalue weighted by atomic mass is 10.1. The Hall–Kier alpha value is -6.06. The zero-order valence-corrected chi connectivity index (χ0v) is 31.2. The summed E-state index contributed by atoms with van der Waals surface area (Å²) in [6.07, 6.45) is 10.7. The largest absolute Gasteiger partial charge is 0.508 e. The lowest BCUT2D eigenvalue weighted by Gasteiger charge is -2.21. The first-order chi connectivity index (χ1) is 25.7. The lowest BCUT2D eigenvalue weighted by Crippen LogP contribution is -2.23. The molecule has 0 atom stereocenters. The number of benzene rings is 4. The number of halogens is 1. The maximum atomic E-state index is 12.8. The Morgan fingerprint density at radius 2 is 0.962 bits per heavy atom. The standard InChI is InChI=1S/C22H21NO3.C19H17NO3.C3H5Br/c1-4-11-23(12-5-2)16-7-9-18-20(14-16)26-21-15-17(25-13-6-3)8-10-19(21)22(18)24;1-3-9-20(10-4-2)13-5-7-15-17(11-13)23-18-12-14(21)6-8-16(18)19(15)22;1-2-3-4/h4-10,14-15H,1-3,11-13H2;3-8,11-12,21H,1-2,9-10H2;2H,1,3H2. The maximum absolute atomic E-state index is 12.8. The number of ether oxygens (including phenoxy) is 1. The first-order valence-corrected chi connectivity index (χ1v) is 17.9. The Bertz CT molecular complexity index is 2370. The predicted molar refractivity (Wildman–Crippen MR) is 227 cm³/mol. The van der Waals surface area contributed by atoms with Crippen molar-refractivity contribution < 1.29 is 18.7 Å². The third kappa shape index (κ3) is 9.84. The fourth-order valence-corrected chi connectivity index (χ4v) is 5.48. The number of alkyl halides is 1. The fourth-order valence-electron chi connectivity index (χ4n) is 5.48. The Morgan fingerprint density at radius 1 is 0.566 bits per heavy atom. The molecule has 2 heterocycles. The summed E-state index contributed by atoms with van der Waals surface area (Å²) in [6.45, 7) is 25.2. The molecule has 0 aliphatic rings. The van der Waals surface area contributed by atoms with Gasteiger partial charge in [0.25, 0.3) is 0 Å². The number of phenols is 1. The van der Waals surface area contributed by atoms with Crippen LogP contribution in [0.4, 0.5) is 11.4 Å². The molecule has 0 unspecified atom stereocenters. The molecular formula is C44H43BrN2O6. The van der Waals surface area contributed by atoms with Crippen molar-refractivity contribution in [3.05, 3.63) is 169 Å². The van der Waals surface area contributed by atoms with Gasteiger partial charge in [-0.05, 0) is 48.5 Å². The Kier molecular flexibility index (Phi) is 14.6. The van der Waals surface area contributed by atoms with Gasteiger partial charge in [0.2, 0.25) is 10.9 Å². The van der Waals surface area contributed by atoms with Crippen molar-refractivity contribution in [2.75, 3.05) is 47.9 Å². The van der Waals surface area contributed by atoms with Crippen LogP contribution in [0, 0.1) is 0 Å². The average molecular weight is 776 g/mol. The molecule has 0 radical (unpaired) electrons. The third-order valence-electron chi connectivity index (χ3n) is 7.87. The summed E-state index contributed by atoms with van der Waals surface area (Å²) in [5, 5.41) is 12.5. The molecule has 0 aliphatic carbocycles. The van der Waals surface area contributed by atoms with E-state index in [-0.39, 0.29) is 16.6 Å². The van der Waals surface area contributed by atoms with Gasteiger partial charge in [0.15, 0.2) is 0 Å². The SMILES string of the molecule is C=CCBr.C=CCN(CC=C)c1ccc2c(=O)c3ccc(O)cc3oc2c1.C=CCOc1ccc2c(=O)c3ccc(N(CC=C)CC=C)cc3oc2c1. The molecule has 0 spiro atoms. The van der Waals surface area contributed by atoms with Gasteiger partial charge >= 0.3 is 0 Å². The molecule has 8 nitrogen and oxygen atoms in total. The van der Waals surface area contributed by atoms with Gasteiger partial charge in [0.1, 0.15) is 40.4 Å². The molecule has 4 aromatic carbocycles. The van der Waals surface area contributed by atoms with Crippen LogP contribution in [0.25, 0.3) is 43.9 Å². The first-order valence-electron chi connectivity index (χ1n) is 16.8. The molecule has 0 saturated heterocycles. The summed E-state index contributed by atoms with van der Waals surface area (Å²) in [5.74, 6) is 0.701. The highest BCUT2D eigenvalue weighted by Crippen LogP contribution is 2.28. The van der Waals surface area contributed by atoms with Gasteiger partial charge in [-0.15, -0.1) is 32.9 Å². The van der Waals surface area contributed by atoms with Gasteiger partial charge in [-0.1, -0.05) is 59.0 Å². The number of hydrogen-bond acceptors (Lipinski definition) is 8. The second-order valence-electron chi connectivity index (χ2n) is 11.6. The van der Waals surface area contributed by atoms with Crippen LogP contribution in [0.1, 0.15) is 0 Å². The van der Waals surface area contributed by atoms with Gasteiger partial charge in [0, 0.05) is 67.1 Å². The Balaban J connectivity index is 0.000000216. The molecule has 0 aliphatic heterocycles. The fraction of sp³-hybridized carbons (Fsp3) is 0.136. The van der Waals surface area contributed by atoms with E-state index in [9.17, 15) is 14.7 Å². The molecule has 6 rings (SSSR count).